The van der Waals surface area contributed by atoms with Gasteiger partial charge < -0.3 is 5.73 Å². The van der Waals surface area contributed by atoms with Crippen molar-refractivity contribution in [1.82, 2.24) is 0 Å². The number of thiophene rings is 1. The summed E-state index contributed by atoms with van der Waals surface area (Å²) in [5.41, 5.74) is 14.0. The molecule has 1 heterocycles. The molecule has 0 atom stereocenters. The average molecular weight is 454 g/mol. The second-order valence-corrected chi connectivity index (χ2v) is 9.56. The Balaban J connectivity index is 1.37. The molecule has 0 saturated heterocycles. The van der Waals surface area contributed by atoms with Gasteiger partial charge in [0.15, 0.2) is 0 Å². The van der Waals surface area contributed by atoms with E-state index in [4.69, 9.17) is 5.73 Å². The molecule has 0 bridgehead atoms. The summed E-state index contributed by atoms with van der Waals surface area (Å²) in [5, 5.41) is 2.65. The van der Waals surface area contributed by atoms with E-state index in [1.54, 1.807) is 0 Å². The zero-order valence-electron chi connectivity index (χ0n) is 18.6. The highest BCUT2D eigenvalue weighted by atomic mass is 32.1. The van der Waals surface area contributed by atoms with Crippen LogP contribution in [0, 0.1) is 0 Å². The van der Waals surface area contributed by atoms with E-state index in [1.807, 2.05) is 35.6 Å². The Hall–Kier alpha value is -4.14. The molecule has 0 fully saturated rings. The first-order valence-corrected chi connectivity index (χ1v) is 12.2. The van der Waals surface area contributed by atoms with E-state index >= 15 is 0 Å². The fourth-order valence-electron chi connectivity index (χ4n) is 4.43. The highest BCUT2D eigenvalue weighted by molar-refractivity contribution is 7.25. The molecule has 0 aliphatic heterocycles. The summed E-state index contributed by atoms with van der Waals surface area (Å²) in [6, 6.07) is 40.8. The second kappa shape index (κ2) is 8.66. The lowest BCUT2D eigenvalue weighted by molar-refractivity contribution is 1.58. The largest absolute Gasteiger partial charge is 0.398 e. The number of nitrogens with two attached hydrogens (primary N) is 1. The number of anilines is 1. The van der Waals surface area contributed by atoms with Gasteiger partial charge in [0.25, 0.3) is 0 Å². The molecule has 0 aliphatic rings. The maximum atomic E-state index is 6.29. The highest BCUT2D eigenvalue weighted by Gasteiger charge is 2.08. The van der Waals surface area contributed by atoms with Crippen LogP contribution in [0.25, 0.3) is 54.6 Å². The molecule has 1 nitrogen and oxygen atoms in total. The lowest BCUT2D eigenvalue weighted by Crippen LogP contribution is -1.90. The van der Waals surface area contributed by atoms with Crippen LogP contribution < -0.4 is 5.73 Å². The van der Waals surface area contributed by atoms with Crippen molar-refractivity contribution in [3.8, 4) is 22.3 Å². The molecule has 2 heteroatoms. The van der Waals surface area contributed by atoms with Gasteiger partial charge in [-0.05, 0) is 69.8 Å². The normalized spacial score (nSPS) is 11.5. The van der Waals surface area contributed by atoms with E-state index in [2.05, 4.69) is 103 Å². The number of hydrogen-bond acceptors (Lipinski definition) is 2. The predicted octanol–water partition coefficient (Wildman–Crippen LogP) is 9.14. The van der Waals surface area contributed by atoms with Crippen molar-refractivity contribution in [2.45, 2.75) is 0 Å². The van der Waals surface area contributed by atoms with Crippen LogP contribution >= 0.6 is 11.3 Å². The molecule has 6 rings (SSSR count). The van der Waals surface area contributed by atoms with Gasteiger partial charge in [-0.15, -0.1) is 11.3 Å². The van der Waals surface area contributed by atoms with Crippen LogP contribution in [-0.2, 0) is 0 Å². The van der Waals surface area contributed by atoms with Crippen LogP contribution in [0.1, 0.15) is 11.1 Å². The van der Waals surface area contributed by atoms with Crippen molar-refractivity contribution in [2.24, 2.45) is 0 Å². The van der Waals surface area contributed by atoms with Crippen LogP contribution in [0.5, 0.6) is 0 Å². The summed E-state index contributed by atoms with van der Waals surface area (Å²) in [6.07, 6.45) is 4.19. The first-order valence-electron chi connectivity index (χ1n) is 11.4. The van der Waals surface area contributed by atoms with Crippen molar-refractivity contribution in [3.05, 3.63) is 126 Å². The molecule has 34 heavy (non-hydrogen) atoms. The van der Waals surface area contributed by atoms with Crippen LogP contribution in [0.15, 0.2) is 115 Å². The standard InChI is InChI=1S/C32H23NS/c33-30-17-15-25(20-27(30)14-13-22-7-2-1-3-8-22)23-9-6-10-24(19-23)26-16-18-32-29(21-26)28-11-4-5-12-31(28)34-32/h1-21H,33H2/b14-13-. The quantitative estimate of drug-likeness (QED) is 0.209. The van der Waals surface area contributed by atoms with Crippen molar-refractivity contribution in [3.63, 3.8) is 0 Å². The number of nitrogen functional groups attached to an aromatic ring is 1. The predicted molar refractivity (Wildman–Crippen MR) is 150 cm³/mol. The van der Waals surface area contributed by atoms with Gasteiger partial charge in [-0.25, -0.2) is 0 Å². The molecule has 5 aromatic carbocycles. The molecule has 2 N–H and O–H groups in total. The van der Waals surface area contributed by atoms with Crippen LogP contribution in [0.3, 0.4) is 0 Å². The fraction of sp³-hybridized carbons (Fsp3) is 0. The summed E-state index contributed by atoms with van der Waals surface area (Å²) in [5.74, 6) is 0. The minimum Gasteiger partial charge on any atom is -0.398 e. The molecular formula is C32H23NS. The van der Waals surface area contributed by atoms with Gasteiger partial charge in [-0.2, -0.15) is 0 Å². The zero-order chi connectivity index (χ0) is 22.9. The third-order valence-corrected chi connectivity index (χ3v) is 7.40. The van der Waals surface area contributed by atoms with Gasteiger partial charge in [0.2, 0.25) is 0 Å². The summed E-state index contributed by atoms with van der Waals surface area (Å²) in [7, 11) is 0. The Morgan fingerprint density at radius 2 is 1.18 bits per heavy atom. The van der Waals surface area contributed by atoms with Gasteiger partial charge in [0.05, 0.1) is 0 Å². The summed E-state index contributed by atoms with van der Waals surface area (Å²) < 4.78 is 2.66. The lowest BCUT2D eigenvalue weighted by Gasteiger charge is -2.09. The smallest absolute Gasteiger partial charge is 0.0388 e. The van der Waals surface area contributed by atoms with E-state index in [9.17, 15) is 0 Å². The maximum absolute atomic E-state index is 6.29. The molecule has 1 aromatic heterocycles. The van der Waals surface area contributed by atoms with Gasteiger partial charge in [-0.3, -0.25) is 0 Å². The van der Waals surface area contributed by atoms with Crippen molar-refractivity contribution >= 4 is 49.3 Å². The molecule has 162 valence electrons. The molecule has 0 amide bonds. The first kappa shape index (κ1) is 20.5. The number of rotatable bonds is 4. The molecule has 0 saturated carbocycles. The molecule has 6 aromatic rings. The van der Waals surface area contributed by atoms with E-state index < -0.39 is 0 Å². The van der Waals surface area contributed by atoms with Crippen molar-refractivity contribution in [2.75, 3.05) is 5.73 Å². The maximum Gasteiger partial charge on any atom is 0.0388 e. The van der Waals surface area contributed by atoms with E-state index in [0.717, 1.165) is 22.4 Å². The third-order valence-electron chi connectivity index (χ3n) is 6.25. The van der Waals surface area contributed by atoms with E-state index in [1.165, 1.54) is 36.9 Å². The van der Waals surface area contributed by atoms with Crippen LogP contribution in [-0.4, -0.2) is 0 Å². The minimum absolute atomic E-state index is 0.780. The Morgan fingerprint density at radius 1 is 0.500 bits per heavy atom. The summed E-state index contributed by atoms with van der Waals surface area (Å²) in [4.78, 5) is 0. The number of hydrogen-bond donors (Lipinski definition) is 1. The Morgan fingerprint density at radius 3 is 2.03 bits per heavy atom. The molecular weight excluding hydrogens is 430 g/mol. The number of fused-ring (bicyclic) bond motifs is 3. The highest BCUT2D eigenvalue weighted by Crippen LogP contribution is 2.37. The lowest BCUT2D eigenvalue weighted by atomic mass is 9.96. The fourth-order valence-corrected chi connectivity index (χ4v) is 5.52. The summed E-state index contributed by atoms with van der Waals surface area (Å²) in [6.45, 7) is 0. The van der Waals surface area contributed by atoms with Crippen LogP contribution in [0.2, 0.25) is 0 Å². The Kier molecular flexibility index (Phi) is 5.21. The van der Waals surface area contributed by atoms with Crippen LogP contribution in [0.4, 0.5) is 5.69 Å². The average Bonchev–Trinajstić information content (AvgIpc) is 3.27. The SMILES string of the molecule is Nc1ccc(-c2cccc(-c3ccc4sc5ccccc5c4c3)c2)cc1/C=C\c1ccccc1. The molecule has 0 radical (unpaired) electrons. The monoisotopic (exact) mass is 453 g/mol. The Labute approximate surface area is 203 Å². The first-order chi connectivity index (χ1) is 16.7. The minimum atomic E-state index is 0.780. The van der Waals surface area contributed by atoms with Crippen molar-refractivity contribution in [1.29, 1.82) is 0 Å². The second-order valence-electron chi connectivity index (χ2n) is 8.48. The van der Waals surface area contributed by atoms with Gasteiger partial charge in [0.1, 0.15) is 0 Å². The molecule has 0 spiro atoms. The Bertz CT molecular complexity index is 1660. The van der Waals surface area contributed by atoms with E-state index in [0.29, 0.717) is 0 Å². The third kappa shape index (κ3) is 3.89. The van der Waals surface area contributed by atoms with Gasteiger partial charge in [0, 0.05) is 25.9 Å². The topological polar surface area (TPSA) is 26.0 Å². The molecule has 0 unspecified atom stereocenters. The van der Waals surface area contributed by atoms with E-state index in [-0.39, 0.29) is 0 Å². The van der Waals surface area contributed by atoms with Gasteiger partial charge in [-0.1, -0.05) is 91.0 Å². The van der Waals surface area contributed by atoms with Crippen molar-refractivity contribution < 1.29 is 0 Å². The zero-order valence-corrected chi connectivity index (χ0v) is 19.4. The molecule has 0 aliphatic carbocycles. The number of benzene rings is 5. The summed E-state index contributed by atoms with van der Waals surface area (Å²) >= 11 is 1.85. The van der Waals surface area contributed by atoms with Gasteiger partial charge >= 0.3 is 0 Å².